The van der Waals surface area contributed by atoms with Crippen LogP contribution in [0.25, 0.3) is 11.4 Å². The number of aromatic nitrogens is 3. The molecule has 0 saturated heterocycles. The Hall–Kier alpha value is -2.08. The molecule has 1 amide bonds. The standard InChI is InChI=1S/C11H10ClN5O/c12-9-3-1-2-8(6-9)11-14-7-17(16-11)5-4-10(18)15-13/h1-3,6-7,13H,4-5H2. The molecule has 0 aliphatic heterocycles. The third-order valence-corrected chi connectivity index (χ3v) is 2.53. The van der Waals surface area contributed by atoms with Crippen molar-refractivity contribution in [2.45, 2.75) is 13.0 Å². The van der Waals surface area contributed by atoms with Crippen LogP contribution in [0.2, 0.25) is 5.02 Å². The average Bonchev–Trinajstić information content (AvgIpc) is 2.84. The van der Waals surface area contributed by atoms with Crippen molar-refractivity contribution in [3.8, 4) is 11.4 Å². The van der Waals surface area contributed by atoms with Crippen molar-refractivity contribution in [2.75, 3.05) is 0 Å². The van der Waals surface area contributed by atoms with Gasteiger partial charge >= 0.3 is 0 Å². The molecule has 1 heterocycles. The first kappa shape index (κ1) is 12.4. The van der Waals surface area contributed by atoms with Gasteiger partial charge in [0.05, 0.1) is 13.0 Å². The van der Waals surface area contributed by atoms with Crippen LogP contribution >= 0.6 is 11.6 Å². The molecule has 6 nitrogen and oxygen atoms in total. The molecule has 0 atom stereocenters. The lowest BCUT2D eigenvalue weighted by atomic mass is 10.2. The summed E-state index contributed by atoms with van der Waals surface area (Å²) in [5.74, 6) is 0.0718. The van der Waals surface area contributed by atoms with Crippen molar-refractivity contribution in [3.05, 3.63) is 35.6 Å². The van der Waals surface area contributed by atoms with E-state index in [1.54, 1.807) is 16.8 Å². The second-order valence-electron chi connectivity index (χ2n) is 3.60. The van der Waals surface area contributed by atoms with E-state index in [1.165, 1.54) is 6.33 Å². The van der Waals surface area contributed by atoms with Crippen LogP contribution in [0.15, 0.2) is 35.7 Å². The summed E-state index contributed by atoms with van der Waals surface area (Å²) >= 11 is 5.88. The van der Waals surface area contributed by atoms with E-state index >= 15 is 0 Å². The molecule has 0 saturated carbocycles. The van der Waals surface area contributed by atoms with E-state index in [2.05, 4.69) is 15.2 Å². The Kier molecular flexibility index (Phi) is 3.78. The highest BCUT2D eigenvalue weighted by molar-refractivity contribution is 6.30. The number of carbonyl (C=O) groups is 1. The first-order valence-electron chi connectivity index (χ1n) is 5.25. The van der Waals surface area contributed by atoms with Gasteiger partial charge in [0, 0.05) is 10.6 Å². The van der Waals surface area contributed by atoms with Gasteiger partial charge in [-0.25, -0.2) is 10.5 Å². The topological polar surface area (TPSA) is 84.0 Å². The van der Waals surface area contributed by atoms with Gasteiger partial charge in [0.1, 0.15) is 6.33 Å². The fourth-order valence-corrected chi connectivity index (χ4v) is 1.62. The molecule has 7 heteroatoms. The van der Waals surface area contributed by atoms with Gasteiger partial charge in [0.15, 0.2) is 5.82 Å². The molecule has 0 radical (unpaired) electrons. The van der Waals surface area contributed by atoms with Crippen molar-refractivity contribution in [2.24, 2.45) is 5.11 Å². The molecule has 2 aromatic rings. The van der Waals surface area contributed by atoms with E-state index in [4.69, 9.17) is 17.1 Å². The summed E-state index contributed by atoms with van der Waals surface area (Å²) in [6.45, 7) is 0.356. The van der Waals surface area contributed by atoms with Crippen LogP contribution in [0.5, 0.6) is 0 Å². The van der Waals surface area contributed by atoms with Gasteiger partial charge < -0.3 is 0 Å². The van der Waals surface area contributed by atoms with Crippen LogP contribution in [-0.4, -0.2) is 20.7 Å². The van der Waals surface area contributed by atoms with E-state index in [-0.39, 0.29) is 6.42 Å². The fourth-order valence-electron chi connectivity index (χ4n) is 1.43. The molecule has 0 aliphatic carbocycles. The summed E-state index contributed by atoms with van der Waals surface area (Å²) in [7, 11) is 0. The quantitative estimate of drug-likeness (QED) is 0.860. The number of halogens is 1. The van der Waals surface area contributed by atoms with E-state index in [0.717, 1.165) is 5.56 Å². The third-order valence-electron chi connectivity index (χ3n) is 2.30. The number of carbonyl (C=O) groups excluding carboxylic acids is 1. The zero-order valence-corrected chi connectivity index (χ0v) is 10.1. The molecule has 1 aromatic carbocycles. The van der Waals surface area contributed by atoms with E-state index in [1.807, 2.05) is 12.1 Å². The Labute approximate surface area is 108 Å². The number of hydrogen-bond donors (Lipinski definition) is 1. The molecule has 0 fully saturated rings. The van der Waals surface area contributed by atoms with Gasteiger partial charge in [-0.2, -0.15) is 5.10 Å². The van der Waals surface area contributed by atoms with Crippen LogP contribution in [0.4, 0.5) is 0 Å². The van der Waals surface area contributed by atoms with Crippen molar-refractivity contribution >= 4 is 17.5 Å². The van der Waals surface area contributed by atoms with Crippen molar-refractivity contribution in [1.82, 2.24) is 14.8 Å². The van der Waals surface area contributed by atoms with Gasteiger partial charge in [0.2, 0.25) is 0 Å². The van der Waals surface area contributed by atoms with Crippen molar-refractivity contribution in [3.63, 3.8) is 0 Å². The lowest BCUT2D eigenvalue weighted by molar-refractivity contribution is -0.118. The first-order chi connectivity index (χ1) is 8.69. The zero-order chi connectivity index (χ0) is 13.0. The first-order valence-corrected chi connectivity index (χ1v) is 5.62. The van der Waals surface area contributed by atoms with Crippen LogP contribution in [-0.2, 0) is 11.3 Å². The molecule has 0 aliphatic rings. The summed E-state index contributed by atoms with van der Waals surface area (Å²) in [6.07, 6.45) is 1.68. The number of amides is 1. The minimum absolute atomic E-state index is 0.141. The molecule has 2 rings (SSSR count). The molecular weight excluding hydrogens is 254 g/mol. The van der Waals surface area contributed by atoms with Crippen molar-refractivity contribution < 1.29 is 4.79 Å². The van der Waals surface area contributed by atoms with Gasteiger partial charge in [0.25, 0.3) is 5.91 Å². The molecule has 1 N–H and O–H groups in total. The minimum atomic E-state index is -0.477. The Balaban J connectivity index is 2.10. The molecule has 1 aromatic heterocycles. The van der Waals surface area contributed by atoms with Gasteiger partial charge in [-0.05, 0) is 12.1 Å². The fraction of sp³-hybridized carbons (Fsp3) is 0.182. The molecule has 0 bridgehead atoms. The number of nitrogens with zero attached hydrogens (tertiary/aromatic N) is 4. The van der Waals surface area contributed by atoms with Gasteiger partial charge in [-0.15, -0.1) is 5.11 Å². The lowest BCUT2D eigenvalue weighted by Crippen LogP contribution is -2.03. The number of rotatable bonds is 4. The van der Waals surface area contributed by atoms with Gasteiger partial charge in [-0.3, -0.25) is 9.48 Å². The maximum Gasteiger partial charge on any atom is 0.265 e. The zero-order valence-electron chi connectivity index (χ0n) is 9.38. The Bertz CT molecular complexity index is 580. The van der Waals surface area contributed by atoms with Crippen LogP contribution in [0.3, 0.4) is 0 Å². The number of hydrogen-bond acceptors (Lipinski definition) is 4. The summed E-state index contributed by atoms with van der Waals surface area (Å²) in [4.78, 5) is 15.0. The van der Waals surface area contributed by atoms with Crippen LogP contribution in [0, 0.1) is 5.53 Å². The highest BCUT2D eigenvalue weighted by Crippen LogP contribution is 2.18. The van der Waals surface area contributed by atoms with Crippen LogP contribution < -0.4 is 0 Å². The van der Waals surface area contributed by atoms with Crippen LogP contribution in [0.1, 0.15) is 6.42 Å². The molecule has 0 unspecified atom stereocenters. The smallest absolute Gasteiger partial charge is 0.265 e. The second kappa shape index (κ2) is 5.50. The highest BCUT2D eigenvalue weighted by atomic mass is 35.5. The second-order valence-corrected chi connectivity index (χ2v) is 4.03. The Morgan fingerprint density at radius 3 is 3.06 bits per heavy atom. The maximum absolute atomic E-state index is 10.9. The Morgan fingerprint density at radius 2 is 2.33 bits per heavy atom. The van der Waals surface area contributed by atoms with Gasteiger partial charge in [-0.1, -0.05) is 23.7 Å². The van der Waals surface area contributed by atoms with E-state index in [9.17, 15) is 4.79 Å². The van der Waals surface area contributed by atoms with E-state index < -0.39 is 5.91 Å². The summed E-state index contributed by atoms with van der Waals surface area (Å²) < 4.78 is 1.54. The largest absolute Gasteiger partial charge is 0.271 e. The SMILES string of the molecule is N=NC(=O)CCn1cnc(-c2cccc(Cl)c2)n1. The molecule has 0 spiro atoms. The summed E-state index contributed by atoms with van der Waals surface area (Å²) in [5, 5.41) is 7.65. The maximum atomic E-state index is 10.9. The summed E-state index contributed by atoms with van der Waals surface area (Å²) in [6, 6.07) is 7.22. The normalized spacial score (nSPS) is 10.3. The number of benzene rings is 1. The Morgan fingerprint density at radius 1 is 1.50 bits per heavy atom. The predicted molar refractivity (Wildman–Crippen MR) is 65.2 cm³/mol. The predicted octanol–water partition coefficient (Wildman–Crippen LogP) is 2.55. The average molecular weight is 264 g/mol. The molecule has 18 heavy (non-hydrogen) atoms. The third kappa shape index (κ3) is 2.98. The highest BCUT2D eigenvalue weighted by Gasteiger charge is 2.06. The number of aryl methyl sites for hydroxylation is 1. The lowest BCUT2D eigenvalue weighted by Gasteiger charge is -1.97. The molecular formula is C11H10ClN5O. The molecule has 92 valence electrons. The monoisotopic (exact) mass is 263 g/mol. The number of nitrogens with one attached hydrogen (secondary N) is 1. The summed E-state index contributed by atoms with van der Waals surface area (Å²) in [5.41, 5.74) is 7.37. The minimum Gasteiger partial charge on any atom is -0.271 e. The van der Waals surface area contributed by atoms with E-state index in [0.29, 0.717) is 17.4 Å². The van der Waals surface area contributed by atoms with Crippen molar-refractivity contribution in [1.29, 1.82) is 5.53 Å².